The summed E-state index contributed by atoms with van der Waals surface area (Å²) in [6, 6.07) is 0. The van der Waals surface area contributed by atoms with Crippen molar-refractivity contribution in [2.75, 3.05) is 0 Å². The molecular formula is CIO3. The Kier molecular flexibility index (Phi) is 7.11. The summed E-state index contributed by atoms with van der Waals surface area (Å²) in [6.07, 6.45) is -2.33. The van der Waals surface area contributed by atoms with E-state index in [1.54, 1.807) is 0 Å². The van der Waals surface area contributed by atoms with Crippen LogP contribution in [0.25, 0.3) is 0 Å². The summed E-state index contributed by atoms with van der Waals surface area (Å²) in [4.78, 5) is 8.33. The van der Waals surface area contributed by atoms with Gasteiger partial charge in [-0.3, -0.25) is 0 Å². The summed E-state index contributed by atoms with van der Waals surface area (Å²) in [5.41, 5.74) is 0. The summed E-state index contributed by atoms with van der Waals surface area (Å²) in [7, 11) is 0. The molecule has 0 spiro atoms. The van der Waals surface area contributed by atoms with Gasteiger partial charge in [0.25, 0.3) is 0 Å². The van der Waals surface area contributed by atoms with Crippen LogP contribution in [-0.4, -0.2) is 6.16 Å². The Morgan fingerprint density at radius 2 is 1.40 bits per heavy atom. The zero-order valence-electron chi connectivity index (χ0n) is 2.10. The molecule has 3 radical (unpaired) electrons. The van der Waals surface area contributed by atoms with E-state index < -0.39 is 6.16 Å². The maximum absolute atomic E-state index is 8.33. The summed E-state index contributed by atoms with van der Waals surface area (Å²) in [5, 5.41) is 16.7. The summed E-state index contributed by atoms with van der Waals surface area (Å²) < 4.78 is 0. The Morgan fingerprint density at radius 3 is 1.40 bits per heavy atom. The molecule has 0 rings (SSSR count). The van der Waals surface area contributed by atoms with E-state index in [0.29, 0.717) is 0 Å². The second-order valence-corrected chi connectivity index (χ2v) is 0.250. The van der Waals surface area contributed by atoms with Crippen molar-refractivity contribution in [1.82, 2.24) is 0 Å². The standard InChI is InChI=1S/CH2O3.I/c2-1(3)4;/h(H2,2,3,4);/q;+2/p-2. The molecule has 5 heavy (non-hydrogen) atoms. The van der Waals surface area contributed by atoms with Crippen LogP contribution in [0.15, 0.2) is 0 Å². The van der Waals surface area contributed by atoms with Gasteiger partial charge >= 0.3 is 24.0 Å². The number of rotatable bonds is 0. The first-order valence-electron chi connectivity index (χ1n) is 0.612. The Hall–Kier alpha value is 0. The van der Waals surface area contributed by atoms with Gasteiger partial charge in [0.2, 0.25) is 0 Å². The van der Waals surface area contributed by atoms with Crippen molar-refractivity contribution in [2.45, 2.75) is 0 Å². The van der Waals surface area contributed by atoms with E-state index in [1.165, 1.54) is 0 Å². The van der Waals surface area contributed by atoms with Crippen molar-refractivity contribution < 1.29 is 39.0 Å². The molecule has 0 unspecified atom stereocenters. The van der Waals surface area contributed by atoms with Crippen LogP contribution < -0.4 is 34.2 Å². The van der Waals surface area contributed by atoms with Gasteiger partial charge in [0.05, 0.1) is 0 Å². The molecule has 0 fully saturated rings. The van der Waals surface area contributed by atoms with Gasteiger partial charge in [-0.05, 0) is 6.16 Å². The molecule has 0 aromatic heterocycles. The fourth-order valence-corrected chi connectivity index (χ4v) is 0. The fourth-order valence-electron chi connectivity index (χ4n) is 0. The average Bonchev–Trinajstić information content (AvgIpc) is 0.811. The Morgan fingerprint density at radius 1 is 1.40 bits per heavy atom. The smallest absolute Gasteiger partial charge is 0.652 e. The van der Waals surface area contributed by atoms with Crippen LogP contribution in [0.1, 0.15) is 0 Å². The summed E-state index contributed by atoms with van der Waals surface area (Å²) >= 11 is 0. The van der Waals surface area contributed by atoms with Gasteiger partial charge in [-0.25, -0.2) is 0 Å². The molecule has 29 valence electrons. The van der Waals surface area contributed by atoms with Gasteiger partial charge in [0.15, 0.2) is 0 Å². The third-order valence-corrected chi connectivity index (χ3v) is 0. The van der Waals surface area contributed by atoms with Crippen LogP contribution in [0.2, 0.25) is 0 Å². The molecule has 0 aliphatic rings. The number of carbonyl (C=O) groups is 1. The molecule has 0 heterocycles. The highest BCUT2D eigenvalue weighted by Crippen LogP contribution is 1.21. The molecule has 0 aliphatic carbocycles. The maximum Gasteiger partial charge on any atom is 2.00 e. The molecule has 0 saturated heterocycles. The van der Waals surface area contributed by atoms with Crippen molar-refractivity contribution in [3.8, 4) is 0 Å². The van der Waals surface area contributed by atoms with Crippen molar-refractivity contribution in [2.24, 2.45) is 0 Å². The molecule has 0 aromatic carbocycles. The normalized spacial score (nSPS) is 4.80. The molecule has 0 bridgehead atoms. The lowest BCUT2D eigenvalue weighted by Crippen LogP contribution is -3.00. The highest BCUT2D eigenvalue weighted by atomic mass is 127. The van der Waals surface area contributed by atoms with Crippen LogP contribution in [-0.2, 0) is 0 Å². The zero-order valence-corrected chi connectivity index (χ0v) is 4.26. The largest absolute Gasteiger partial charge is 2.00 e. The molecule has 0 N–H and O–H groups in total. The van der Waals surface area contributed by atoms with Crippen molar-refractivity contribution >= 4 is 6.16 Å². The minimum Gasteiger partial charge on any atom is -0.652 e. The van der Waals surface area contributed by atoms with E-state index in [2.05, 4.69) is 0 Å². The lowest BCUT2D eigenvalue weighted by atomic mass is 11.5. The van der Waals surface area contributed by atoms with Gasteiger partial charge in [0.1, 0.15) is 0 Å². The minimum atomic E-state index is -2.33. The molecule has 4 heteroatoms. The number of hydrogen-bond donors (Lipinski definition) is 0. The number of carboxylic acid groups (broad SMARTS) is 2. The molecule has 0 aliphatic heterocycles. The Balaban J connectivity index is 0. The van der Waals surface area contributed by atoms with Gasteiger partial charge in [-0.15, -0.1) is 0 Å². The fraction of sp³-hybridized carbons (Fsp3) is 0. The van der Waals surface area contributed by atoms with Crippen LogP contribution in [0.4, 0.5) is 4.79 Å². The molecule has 0 aromatic rings. The number of hydrogen-bond acceptors (Lipinski definition) is 3. The molecule has 3 nitrogen and oxygen atoms in total. The summed E-state index contributed by atoms with van der Waals surface area (Å²) in [5.74, 6) is 0. The minimum absolute atomic E-state index is 0. The predicted octanol–water partition coefficient (Wildman–Crippen LogP) is -5.44. The van der Waals surface area contributed by atoms with E-state index in [9.17, 15) is 0 Å². The highest BCUT2D eigenvalue weighted by Gasteiger charge is 2.00. The third-order valence-electron chi connectivity index (χ3n) is 0. The molecular weight excluding hydrogens is 187 g/mol. The quantitative estimate of drug-likeness (QED) is 0.355. The first kappa shape index (κ1) is 8.89. The SMILES string of the molecule is O=C([O-])[O-].[I+2]. The summed E-state index contributed by atoms with van der Waals surface area (Å²) in [6.45, 7) is 0. The van der Waals surface area contributed by atoms with Crippen LogP contribution >= 0.6 is 0 Å². The Bertz CT molecular complexity index is 29.9. The van der Waals surface area contributed by atoms with Gasteiger partial charge in [-0.1, -0.05) is 0 Å². The van der Waals surface area contributed by atoms with Crippen LogP contribution in [0.5, 0.6) is 0 Å². The van der Waals surface area contributed by atoms with Gasteiger partial charge < -0.3 is 15.0 Å². The molecule has 0 saturated carbocycles. The Labute approximate surface area is 45.6 Å². The van der Waals surface area contributed by atoms with E-state index in [1.807, 2.05) is 0 Å². The maximum atomic E-state index is 8.33. The monoisotopic (exact) mass is 187 g/mol. The average molecular weight is 187 g/mol. The zero-order chi connectivity index (χ0) is 3.58. The van der Waals surface area contributed by atoms with E-state index in [0.717, 1.165) is 0 Å². The predicted molar refractivity (Wildman–Crippen MR) is 5.40 cm³/mol. The molecule has 0 amide bonds. The topological polar surface area (TPSA) is 63.2 Å². The van der Waals surface area contributed by atoms with Crippen molar-refractivity contribution in [3.63, 3.8) is 0 Å². The van der Waals surface area contributed by atoms with E-state index in [-0.39, 0.29) is 24.0 Å². The second-order valence-electron chi connectivity index (χ2n) is 0.250. The number of carbonyl (C=O) groups excluding carboxylic acids is 1. The second kappa shape index (κ2) is 4.00. The first-order valence-corrected chi connectivity index (χ1v) is 0.612. The van der Waals surface area contributed by atoms with Crippen molar-refractivity contribution in [1.29, 1.82) is 0 Å². The first-order chi connectivity index (χ1) is 1.73. The molecule has 0 atom stereocenters. The third kappa shape index (κ3) is 0. The van der Waals surface area contributed by atoms with E-state index >= 15 is 0 Å². The van der Waals surface area contributed by atoms with Crippen LogP contribution in [0, 0.1) is 0 Å². The lowest BCUT2D eigenvalue weighted by molar-refractivity contribution is -0.415. The van der Waals surface area contributed by atoms with Gasteiger partial charge in [0, 0.05) is 0 Å². The van der Waals surface area contributed by atoms with Crippen molar-refractivity contribution in [3.05, 3.63) is 0 Å². The van der Waals surface area contributed by atoms with E-state index in [4.69, 9.17) is 15.0 Å². The highest BCUT2D eigenvalue weighted by molar-refractivity contribution is 5.47. The lowest BCUT2D eigenvalue weighted by Gasteiger charge is -1.96. The van der Waals surface area contributed by atoms with Crippen LogP contribution in [0.3, 0.4) is 0 Å². The van der Waals surface area contributed by atoms with Gasteiger partial charge in [-0.2, -0.15) is 0 Å². The number of halogens is 1.